The molecule has 0 bridgehead atoms. The summed E-state index contributed by atoms with van der Waals surface area (Å²) in [6.07, 6.45) is 1.95. The average molecular weight is 262 g/mol. The molecule has 0 fully saturated rings. The van der Waals surface area contributed by atoms with E-state index in [1.165, 1.54) is 16.0 Å². The Balaban J connectivity index is 2.40. The second-order valence-electron chi connectivity index (χ2n) is 4.29. The van der Waals surface area contributed by atoms with Crippen LogP contribution in [0.25, 0.3) is 10.4 Å². The van der Waals surface area contributed by atoms with Crippen molar-refractivity contribution in [3.05, 3.63) is 34.5 Å². The van der Waals surface area contributed by atoms with Crippen molar-refractivity contribution < 1.29 is 4.74 Å². The van der Waals surface area contributed by atoms with Gasteiger partial charge in [0.05, 0.1) is 12.0 Å². The predicted octanol–water partition coefficient (Wildman–Crippen LogP) is 3.15. The highest BCUT2D eigenvalue weighted by atomic mass is 32.1. The molecule has 2 aromatic rings. The zero-order valence-electron chi connectivity index (χ0n) is 11.2. The van der Waals surface area contributed by atoms with Crippen LogP contribution in [0.3, 0.4) is 0 Å². The smallest absolute Gasteiger partial charge is 0.122 e. The van der Waals surface area contributed by atoms with Crippen LogP contribution in [-0.2, 0) is 6.54 Å². The molecule has 0 atom stereocenters. The van der Waals surface area contributed by atoms with Gasteiger partial charge in [0, 0.05) is 12.7 Å². The minimum Gasteiger partial charge on any atom is -0.496 e. The Bertz CT molecular complexity index is 549. The lowest BCUT2D eigenvalue weighted by molar-refractivity contribution is 0.411. The average Bonchev–Trinajstić information content (AvgIpc) is 2.80. The van der Waals surface area contributed by atoms with Gasteiger partial charge in [-0.2, -0.15) is 0 Å². The van der Waals surface area contributed by atoms with Gasteiger partial charge in [0.2, 0.25) is 0 Å². The number of hydrogen-bond acceptors (Lipinski definition) is 4. The van der Waals surface area contributed by atoms with E-state index in [0.29, 0.717) is 0 Å². The molecule has 1 N–H and O–H groups in total. The molecule has 1 aromatic heterocycles. The first-order valence-electron chi connectivity index (χ1n) is 5.90. The first kappa shape index (κ1) is 13.1. The summed E-state index contributed by atoms with van der Waals surface area (Å²) >= 11 is 1.73. The molecule has 4 heteroatoms. The third kappa shape index (κ3) is 2.54. The Hall–Kier alpha value is -1.39. The van der Waals surface area contributed by atoms with Crippen molar-refractivity contribution in [3.63, 3.8) is 0 Å². The van der Waals surface area contributed by atoms with E-state index in [1.54, 1.807) is 18.4 Å². The molecular formula is C14H18N2OS. The highest BCUT2D eigenvalue weighted by Gasteiger charge is 2.10. The van der Waals surface area contributed by atoms with Crippen LogP contribution in [0.4, 0.5) is 0 Å². The SMILES string of the molecule is CNCc1ncc(-c2cc(C)c(OC)cc2C)s1. The maximum absolute atomic E-state index is 5.34. The van der Waals surface area contributed by atoms with Gasteiger partial charge in [0.1, 0.15) is 10.8 Å². The van der Waals surface area contributed by atoms with E-state index in [-0.39, 0.29) is 0 Å². The number of rotatable bonds is 4. The second-order valence-corrected chi connectivity index (χ2v) is 5.40. The summed E-state index contributed by atoms with van der Waals surface area (Å²) in [6, 6.07) is 4.26. The summed E-state index contributed by atoms with van der Waals surface area (Å²) in [5.74, 6) is 0.941. The first-order valence-corrected chi connectivity index (χ1v) is 6.72. The maximum Gasteiger partial charge on any atom is 0.122 e. The molecular weight excluding hydrogens is 244 g/mol. The summed E-state index contributed by atoms with van der Waals surface area (Å²) in [5, 5.41) is 4.23. The van der Waals surface area contributed by atoms with E-state index in [1.807, 2.05) is 13.2 Å². The van der Waals surface area contributed by atoms with Crippen LogP contribution in [0.1, 0.15) is 16.1 Å². The monoisotopic (exact) mass is 262 g/mol. The van der Waals surface area contributed by atoms with Gasteiger partial charge in [-0.15, -0.1) is 11.3 Å². The first-order chi connectivity index (χ1) is 8.65. The molecule has 3 nitrogen and oxygen atoms in total. The zero-order chi connectivity index (χ0) is 13.1. The number of thiazole rings is 1. The summed E-state index contributed by atoms with van der Waals surface area (Å²) in [6.45, 7) is 4.99. The minimum absolute atomic E-state index is 0.818. The molecule has 0 saturated carbocycles. The van der Waals surface area contributed by atoms with Crippen molar-refractivity contribution in [2.45, 2.75) is 20.4 Å². The van der Waals surface area contributed by atoms with E-state index in [4.69, 9.17) is 4.74 Å². The van der Waals surface area contributed by atoms with Crippen LogP contribution < -0.4 is 10.1 Å². The highest BCUT2D eigenvalue weighted by molar-refractivity contribution is 7.15. The summed E-state index contributed by atoms with van der Waals surface area (Å²) in [4.78, 5) is 5.63. The molecule has 2 rings (SSSR count). The van der Waals surface area contributed by atoms with E-state index >= 15 is 0 Å². The van der Waals surface area contributed by atoms with Crippen LogP contribution in [-0.4, -0.2) is 19.1 Å². The molecule has 18 heavy (non-hydrogen) atoms. The Morgan fingerprint density at radius 1 is 1.28 bits per heavy atom. The van der Waals surface area contributed by atoms with Gasteiger partial charge in [-0.05, 0) is 49.7 Å². The Morgan fingerprint density at radius 2 is 2.06 bits per heavy atom. The molecule has 0 aliphatic heterocycles. The Morgan fingerprint density at radius 3 is 2.72 bits per heavy atom. The summed E-state index contributed by atoms with van der Waals surface area (Å²) in [7, 11) is 3.64. The molecule has 1 heterocycles. The second kappa shape index (κ2) is 5.50. The molecule has 0 spiro atoms. The number of benzene rings is 1. The van der Waals surface area contributed by atoms with Gasteiger partial charge >= 0.3 is 0 Å². The van der Waals surface area contributed by atoms with Crippen LogP contribution in [0.15, 0.2) is 18.3 Å². The van der Waals surface area contributed by atoms with E-state index < -0.39 is 0 Å². The van der Waals surface area contributed by atoms with Gasteiger partial charge in [-0.1, -0.05) is 0 Å². The summed E-state index contributed by atoms with van der Waals surface area (Å²) < 4.78 is 5.34. The third-order valence-electron chi connectivity index (χ3n) is 2.89. The molecule has 0 unspecified atom stereocenters. The van der Waals surface area contributed by atoms with Crippen molar-refractivity contribution in [2.24, 2.45) is 0 Å². The molecule has 96 valence electrons. The number of nitrogens with zero attached hydrogens (tertiary/aromatic N) is 1. The van der Waals surface area contributed by atoms with Crippen molar-refractivity contribution in [2.75, 3.05) is 14.2 Å². The standard InChI is InChI=1S/C14H18N2OS/c1-9-6-12(17-4)10(2)5-11(9)13-7-16-14(18-13)8-15-3/h5-7,15H,8H2,1-4H3. The number of nitrogens with one attached hydrogen (secondary N) is 1. The molecule has 0 aliphatic carbocycles. The van der Waals surface area contributed by atoms with Crippen LogP contribution in [0.5, 0.6) is 5.75 Å². The van der Waals surface area contributed by atoms with Crippen LogP contribution in [0.2, 0.25) is 0 Å². The number of ether oxygens (including phenoxy) is 1. The molecule has 0 amide bonds. The largest absolute Gasteiger partial charge is 0.496 e. The highest BCUT2D eigenvalue weighted by Crippen LogP contribution is 2.33. The number of methoxy groups -OCH3 is 1. The fourth-order valence-corrected chi connectivity index (χ4v) is 2.95. The van der Waals surface area contributed by atoms with Crippen molar-refractivity contribution in [3.8, 4) is 16.2 Å². The topological polar surface area (TPSA) is 34.2 Å². The zero-order valence-corrected chi connectivity index (χ0v) is 12.0. The molecule has 0 radical (unpaired) electrons. The molecule has 1 aromatic carbocycles. The Kier molecular flexibility index (Phi) is 3.99. The molecule has 0 aliphatic rings. The van der Waals surface area contributed by atoms with E-state index in [9.17, 15) is 0 Å². The van der Waals surface area contributed by atoms with Crippen molar-refractivity contribution in [1.29, 1.82) is 0 Å². The molecule has 0 saturated heterocycles. The van der Waals surface area contributed by atoms with Crippen LogP contribution in [0, 0.1) is 13.8 Å². The van der Waals surface area contributed by atoms with Gasteiger partial charge in [0.15, 0.2) is 0 Å². The van der Waals surface area contributed by atoms with Gasteiger partial charge < -0.3 is 10.1 Å². The number of hydrogen-bond donors (Lipinski definition) is 1. The van der Waals surface area contributed by atoms with Crippen molar-refractivity contribution >= 4 is 11.3 Å². The Labute approximate surface area is 112 Å². The number of aryl methyl sites for hydroxylation is 2. The lowest BCUT2D eigenvalue weighted by Crippen LogP contribution is -2.03. The van der Waals surface area contributed by atoms with Gasteiger partial charge in [0.25, 0.3) is 0 Å². The fourth-order valence-electron chi connectivity index (χ4n) is 1.94. The lowest BCUT2D eigenvalue weighted by Gasteiger charge is -2.09. The van der Waals surface area contributed by atoms with E-state index in [0.717, 1.165) is 22.9 Å². The summed E-state index contributed by atoms with van der Waals surface area (Å²) in [5.41, 5.74) is 3.62. The lowest BCUT2D eigenvalue weighted by atomic mass is 10.0. The van der Waals surface area contributed by atoms with E-state index in [2.05, 4.69) is 36.3 Å². The van der Waals surface area contributed by atoms with Crippen molar-refractivity contribution in [1.82, 2.24) is 10.3 Å². The normalized spacial score (nSPS) is 10.7. The van der Waals surface area contributed by atoms with Crippen LogP contribution >= 0.6 is 11.3 Å². The predicted molar refractivity (Wildman–Crippen MR) is 76.3 cm³/mol. The minimum atomic E-state index is 0.818. The number of aromatic nitrogens is 1. The maximum atomic E-state index is 5.34. The third-order valence-corrected chi connectivity index (χ3v) is 3.92. The fraction of sp³-hybridized carbons (Fsp3) is 0.357. The van der Waals surface area contributed by atoms with Gasteiger partial charge in [-0.3, -0.25) is 0 Å². The quantitative estimate of drug-likeness (QED) is 0.919. The van der Waals surface area contributed by atoms with Gasteiger partial charge in [-0.25, -0.2) is 4.98 Å².